The van der Waals surface area contributed by atoms with Gasteiger partial charge in [0.1, 0.15) is 0 Å². The number of carbonyl (C=O) groups is 1. The minimum Gasteiger partial charge on any atom is -0.466 e. The van der Waals surface area contributed by atoms with Gasteiger partial charge in [0.05, 0.1) is 7.11 Å². The van der Waals surface area contributed by atoms with Crippen LogP contribution in [0.25, 0.3) is 4.91 Å². The summed E-state index contributed by atoms with van der Waals surface area (Å²) in [5.41, 5.74) is 0.925. The quantitative estimate of drug-likeness (QED) is 0.467. The Morgan fingerprint density at radius 2 is 1.75 bits per heavy atom. The average molecular weight is 305 g/mol. The lowest BCUT2D eigenvalue weighted by molar-refractivity contribution is -0.134. The number of ether oxygens (including phenoxy) is 1. The van der Waals surface area contributed by atoms with Gasteiger partial charge in [0.25, 0.3) is 0 Å². The van der Waals surface area contributed by atoms with E-state index in [1.807, 2.05) is 42.5 Å². The van der Waals surface area contributed by atoms with Crippen LogP contribution in [0.2, 0.25) is 5.02 Å². The molecule has 0 saturated heterocycles. The standard InChI is InChI=1S/C16H13ClO2S/c1-19-16(18)11-15(12-7-9-13(17)10-8-12)20-14-5-3-2-4-6-14/h2-11H,1H3/b15-11-. The van der Waals surface area contributed by atoms with Gasteiger partial charge in [0.2, 0.25) is 0 Å². The van der Waals surface area contributed by atoms with Crippen LogP contribution in [0, 0.1) is 0 Å². The zero-order valence-electron chi connectivity index (χ0n) is 10.9. The van der Waals surface area contributed by atoms with Gasteiger partial charge in [-0.05, 0) is 29.8 Å². The molecule has 0 heterocycles. The molecule has 0 saturated carbocycles. The molecule has 0 bridgehead atoms. The van der Waals surface area contributed by atoms with Crippen LogP contribution in [-0.2, 0) is 9.53 Å². The normalized spacial score (nSPS) is 11.2. The van der Waals surface area contributed by atoms with Crippen molar-refractivity contribution in [3.8, 4) is 0 Å². The van der Waals surface area contributed by atoms with Crippen LogP contribution < -0.4 is 0 Å². The molecule has 2 nitrogen and oxygen atoms in total. The van der Waals surface area contributed by atoms with Gasteiger partial charge in [-0.3, -0.25) is 0 Å². The summed E-state index contributed by atoms with van der Waals surface area (Å²) in [5.74, 6) is -0.376. The first kappa shape index (κ1) is 14.7. The summed E-state index contributed by atoms with van der Waals surface area (Å²) < 4.78 is 4.71. The lowest BCUT2D eigenvalue weighted by Crippen LogP contribution is -1.96. The van der Waals surface area contributed by atoms with Gasteiger partial charge in [-0.15, -0.1) is 0 Å². The number of benzene rings is 2. The molecule has 2 aromatic carbocycles. The molecule has 0 aliphatic carbocycles. The molecule has 102 valence electrons. The van der Waals surface area contributed by atoms with E-state index in [1.165, 1.54) is 24.9 Å². The number of hydrogen-bond acceptors (Lipinski definition) is 3. The molecule has 0 aliphatic rings. The Kier molecular flexibility index (Phi) is 5.27. The summed E-state index contributed by atoms with van der Waals surface area (Å²) in [6.45, 7) is 0. The van der Waals surface area contributed by atoms with E-state index < -0.39 is 0 Å². The Balaban J connectivity index is 2.32. The zero-order valence-corrected chi connectivity index (χ0v) is 12.4. The van der Waals surface area contributed by atoms with Crippen molar-refractivity contribution in [3.63, 3.8) is 0 Å². The van der Waals surface area contributed by atoms with E-state index in [0.717, 1.165) is 15.4 Å². The summed E-state index contributed by atoms with van der Waals surface area (Å²) >= 11 is 7.40. The van der Waals surface area contributed by atoms with Crippen molar-refractivity contribution in [1.29, 1.82) is 0 Å². The molecule has 4 heteroatoms. The van der Waals surface area contributed by atoms with E-state index in [2.05, 4.69) is 0 Å². The lowest BCUT2D eigenvalue weighted by atomic mass is 10.2. The number of methoxy groups -OCH3 is 1. The van der Waals surface area contributed by atoms with Gasteiger partial charge in [0, 0.05) is 20.9 Å². The van der Waals surface area contributed by atoms with E-state index in [9.17, 15) is 4.79 Å². The maximum Gasteiger partial charge on any atom is 0.331 e. The Bertz CT molecular complexity index is 606. The molecule has 0 atom stereocenters. The molecular formula is C16H13ClO2S. The van der Waals surface area contributed by atoms with Crippen LogP contribution >= 0.6 is 23.4 Å². The third-order valence-electron chi connectivity index (χ3n) is 2.55. The Morgan fingerprint density at radius 1 is 1.10 bits per heavy atom. The van der Waals surface area contributed by atoms with Crippen LogP contribution in [0.3, 0.4) is 0 Å². The fourth-order valence-electron chi connectivity index (χ4n) is 1.57. The van der Waals surface area contributed by atoms with Crippen LogP contribution in [0.1, 0.15) is 5.56 Å². The minimum absolute atomic E-state index is 0.376. The Hall–Kier alpha value is -1.71. The summed E-state index contributed by atoms with van der Waals surface area (Å²) in [6, 6.07) is 17.2. The molecule has 0 spiro atoms. The van der Waals surface area contributed by atoms with Gasteiger partial charge in [-0.2, -0.15) is 0 Å². The molecule has 0 unspecified atom stereocenters. The topological polar surface area (TPSA) is 26.3 Å². The third kappa shape index (κ3) is 4.15. The van der Waals surface area contributed by atoms with Gasteiger partial charge < -0.3 is 4.74 Å². The molecule has 0 radical (unpaired) electrons. The van der Waals surface area contributed by atoms with Gasteiger partial charge in [0.15, 0.2) is 0 Å². The van der Waals surface area contributed by atoms with Gasteiger partial charge in [-0.25, -0.2) is 4.79 Å². The highest BCUT2D eigenvalue weighted by Crippen LogP contribution is 2.34. The molecule has 2 rings (SSSR count). The lowest BCUT2D eigenvalue weighted by Gasteiger charge is -2.07. The molecule has 20 heavy (non-hydrogen) atoms. The highest BCUT2D eigenvalue weighted by atomic mass is 35.5. The average Bonchev–Trinajstić information content (AvgIpc) is 2.48. The molecule has 0 amide bonds. The highest BCUT2D eigenvalue weighted by molar-refractivity contribution is 8.08. The summed E-state index contributed by atoms with van der Waals surface area (Å²) in [6.07, 6.45) is 1.49. The van der Waals surface area contributed by atoms with Crippen LogP contribution in [0.4, 0.5) is 0 Å². The number of halogens is 1. The summed E-state index contributed by atoms with van der Waals surface area (Å²) in [7, 11) is 1.37. The van der Waals surface area contributed by atoms with Crippen LogP contribution in [-0.4, -0.2) is 13.1 Å². The van der Waals surface area contributed by atoms with E-state index in [-0.39, 0.29) is 5.97 Å². The monoisotopic (exact) mass is 304 g/mol. The fourth-order valence-corrected chi connectivity index (χ4v) is 2.65. The maximum absolute atomic E-state index is 11.5. The smallest absolute Gasteiger partial charge is 0.331 e. The molecule has 0 aromatic heterocycles. The first-order chi connectivity index (χ1) is 9.69. The number of rotatable bonds is 4. The second-order valence-electron chi connectivity index (χ2n) is 3.95. The Morgan fingerprint density at radius 3 is 2.35 bits per heavy atom. The van der Waals surface area contributed by atoms with Gasteiger partial charge >= 0.3 is 5.97 Å². The zero-order chi connectivity index (χ0) is 14.4. The minimum atomic E-state index is -0.376. The van der Waals surface area contributed by atoms with Gasteiger partial charge in [-0.1, -0.05) is 53.7 Å². The first-order valence-corrected chi connectivity index (χ1v) is 7.17. The highest BCUT2D eigenvalue weighted by Gasteiger charge is 2.07. The predicted octanol–water partition coefficient (Wildman–Crippen LogP) is 4.65. The summed E-state index contributed by atoms with van der Waals surface area (Å²) in [4.78, 5) is 13.4. The molecule has 2 aromatic rings. The molecule has 0 fully saturated rings. The molecular weight excluding hydrogens is 292 g/mol. The molecule has 0 N–H and O–H groups in total. The SMILES string of the molecule is COC(=O)/C=C(\Sc1ccccc1)c1ccc(Cl)cc1. The number of carbonyl (C=O) groups excluding carboxylic acids is 1. The van der Waals surface area contributed by atoms with Crippen molar-refractivity contribution in [2.75, 3.05) is 7.11 Å². The predicted molar refractivity (Wildman–Crippen MR) is 83.7 cm³/mol. The second-order valence-corrected chi connectivity index (χ2v) is 5.51. The van der Waals surface area contributed by atoms with E-state index in [4.69, 9.17) is 16.3 Å². The van der Waals surface area contributed by atoms with E-state index >= 15 is 0 Å². The number of hydrogen-bond donors (Lipinski definition) is 0. The van der Waals surface area contributed by atoms with Crippen molar-refractivity contribution in [2.24, 2.45) is 0 Å². The number of thioether (sulfide) groups is 1. The van der Waals surface area contributed by atoms with Crippen molar-refractivity contribution in [3.05, 3.63) is 71.3 Å². The van der Waals surface area contributed by atoms with Crippen molar-refractivity contribution in [1.82, 2.24) is 0 Å². The van der Waals surface area contributed by atoms with Crippen LogP contribution in [0.15, 0.2) is 65.6 Å². The summed E-state index contributed by atoms with van der Waals surface area (Å²) in [5, 5.41) is 0.663. The van der Waals surface area contributed by atoms with Crippen molar-refractivity contribution >= 4 is 34.2 Å². The van der Waals surface area contributed by atoms with E-state index in [1.54, 1.807) is 12.1 Å². The maximum atomic E-state index is 11.5. The Labute approximate surface area is 127 Å². The van der Waals surface area contributed by atoms with Crippen molar-refractivity contribution in [2.45, 2.75) is 4.90 Å². The van der Waals surface area contributed by atoms with Crippen molar-refractivity contribution < 1.29 is 9.53 Å². The number of esters is 1. The van der Waals surface area contributed by atoms with E-state index in [0.29, 0.717) is 5.02 Å². The fraction of sp³-hybridized carbons (Fsp3) is 0.0625. The van der Waals surface area contributed by atoms with Crippen LogP contribution in [0.5, 0.6) is 0 Å². The molecule has 0 aliphatic heterocycles. The first-order valence-electron chi connectivity index (χ1n) is 5.97. The second kappa shape index (κ2) is 7.17. The third-order valence-corrected chi connectivity index (χ3v) is 3.88. The largest absolute Gasteiger partial charge is 0.466 e.